The Kier molecular flexibility index (Phi) is 5.48. The number of allylic oxidation sites excluding steroid dienone is 1. The predicted molar refractivity (Wildman–Crippen MR) is 135 cm³/mol. The summed E-state index contributed by atoms with van der Waals surface area (Å²) in [7, 11) is 0. The Morgan fingerprint density at radius 2 is 1.97 bits per heavy atom. The summed E-state index contributed by atoms with van der Waals surface area (Å²) in [6.45, 7) is 6.54. The average Bonchev–Trinajstić information content (AvgIpc) is 3.10. The maximum absolute atomic E-state index is 13.5. The zero-order valence-electron chi connectivity index (χ0n) is 19.4. The van der Waals surface area contributed by atoms with Crippen molar-refractivity contribution in [1.82, 2.24) is 14.9 Å². The number of thioether (sulfide) groups is 1. The summed E-state index contributed by atoms with van der Waals surface area (Å²) in [5.41, 5.74) is 1.25. The van der Waals surface area contributed by atoms with Gasteiger partial charge in [-0.3, -0.25) is 14.2 Å². The van der Waals surface area contributed by atoms with Crippen LogP contribution < -0.4 is 10.9 Å². The Labute approximate surface area is 203 Å². The number of carbonyl (C=O) groups excluding carboxylic acids is 1. The van der Waals surface area contributed by atoms with Gasteiger partial charge in [0.25, 0.3) is 5.56 Å². The number of fused-ring (bicyclic) bond motifs is 3. The molecule has 176 valence electrons. The largest absolute Gasteiger partial charge is 0.350 e. The molecule has 5 aliphatic rings. The van der Waals surface area contributed by atoms with Gasteiger partial charge in [0.05, 0.1) is 11.1 Å². The number of rotatable bonds is 6. The van der Waals surface area contributed by atoms with Crippen LogP contribution in [0.1, 0.15) is 62.3 Å². The predicted octanol–water partition coefficient (Wildman–Crippen LogP) is 4.95. The molecule has 4 fully saturated rings. The van der Waals surface area contributed by atoms with E-state index in [0.29, 0.717) is 23.4 Å². The van der Waals surface area contributed by atoms with E-state index in [-0.39, 0.29) is 17.0 Å². The van der Waals surface area contributed by atoms with Crippen molar-refractivity contribution in [2.45, 2.75) is 82.0 Å². The molecular weight excluding hydrogens is 450 g/mol. The molecule has 0 spiro atoms. The molecule has 0 aliphatic heterocycles. The first kappa shape index (κ1) is 21.9. The van der Waals surface area contributed by atoms with Crippen molar-refractivity contribution in [2.24, 2.45) is 23.7 Å². The molecule has 1 unspecified atom stereocenters. The summed E-state index contributed by atoms with van der Waals surface area (Å²) in [6.07, 6.45) is 12.4. The van der Waals surface area contributed by atoms with Gasteiger partial charge < -0.3 is 5.32 Å². The lowest BCUT2D eigenvalue weighted by atomic mass is 9.53. The molecule has 5 aliphatic carbocycles. The molecule has 4 bridgehead atoms. The number of nitrogens with one attached hydrogen (secondary N) is 1. The summed E-state index contributed by atoms with van der Waals surface area (Å²) < 4.78 is 1.71. The van der Waals surface area contributed by atoms with Crippen LogP contribution in [-0.2, 0) is 24.2 Å². The summed E-state index contributed by atoms with van der Waals surface area (Å²) in [6, 6.07) is 0. The van der Waals surface area contributed by atoms with Crippen LogP contribution in [0.25, 0.3) is 10.2 Å². The monoisotopic (exact) mass is 483 g/mol. The lowest BCUT2D eigenvalue weighted by Crippen LogP contribution is -2.60. The topological polar surface area (TPSA) is 64.0 Å². The second-order valence-electron chi connectivity index (χ2n) is 11.2. The molecule has 0 aromatic carbocycles. The van der Waals surface area contributed by atoms with E-state index in [1.165, 1.54) is 41.5 Å². The second-order valence-corrected chi connectivity index (χ2v) is 13.2. The van der Waals surface area contributed by atoms with E-state index in [1.807, 2.05) is 0 Å². The minimum atomic E-state index is 0.0219. The van der Waals surface area contributed by atoms with Crippen molar-refractivity contribution in [1.29, 1.82) is 0 Å². The van der Waals surface area contributed by atoms with Crippen molar-refractivity contribution in [2.75, 3.05) is 5.75 Å². The van der Waals surface area contributed by atoms with E-state index in [1.54, 1.807) is 22.0 Å². The number of thiophene rings is 1. The highest BCUT2D eigenvalue weighted by Gasteiger charge is 2.51. The maximum atomic E-state index is 13.5. The zero-order chi connectivity index (χ0) is 22.7. The van der Waals surface area contributed by atoms with Crippen LogP contribution in [0.3, 0.4) is 0 Å². The van der Waals surface area contributed by atoms with E-state index in [0.717, 1.165) is 66.5 Å². The number of aromatic nitrogens is 2. The van der Waals surface area contributed by atoms with Crippen LogP contribution in [0, 0.1) is 23.7 Å². The van der Waals surface area contributed by atoms with E-state index < -0.39 is 0 Å². The SMILES string of the molecule is C=CCn1c(SCC(=O)NC23CC4CC(CC(C4)C2)C3)nc2sc3c(c2c1=O)CCC(C)C3. The molecule has 1 amide bonds. The molecule has 2 aromatic rings. The third-order valence-corrected chi connectivity index (χ3v) is 10.6. The first-order chi connectivity index (χ1) is 15.9. The summed E-state index contributed by atoms with van der Waals surface area (Å²) >= 11 is 3.07. The van der Waals surface area contributed by atoms with Gasteiger partial charge >= 0.3 is 0 Å². The molecule has 7 rings (SSSR count). The number of hydrogen-bond donors (Lipinski definition) is 1. The molecule has 2 aromatic heterocycles. The van der Waals surface area contributed by atoms with E-state index in [2.05, 4.69) is 18.8 Å². The summed E-state index contributed by atoms with van der Waals surface area (Å²) in [5.74, 6) is 3.46. The minimum Gasteiger partial charge on any atom is -0.350 e. The minimum absolute atomic E-state index is 0.0219. The van der Waals surface area contributed by atoms with Crippen molar-refractivity contribution in [3.63, 3.8) is 0 Å². The van der Waals surface area contributed by atoms with Gasteiger partial charge in [-0.05, 0) is 87.0 Å². The lowest BCUT2D eigenvalue weighted by molar-refractivity contribution is -0.124. The van der Waals surface area contributed by atoms with Crippen molar-refractivity contribution in [3.05, 3.63) is 33.4 Å². The highest BCUT2D eigenvalue weighted by Crippen LogP contribution is 2.55. The quantitative estimate of drug-likeness (QED) is 0.359. The number of aryl methyl sites for hydroxylation is 1. The molecular formula is C26H33N3O2S2. The van der Waals surface area contributed by atoms with Crippen LogP contribution in [0.5, 0.6) is 0 Å². The Bertz CT molecular complexity index is 1150. The van der Waals surface area contributed by atoms with Crippen molar-refractivity contribution < 1.29 is 4.79 Å². The molecule has 4 saturated carbocycles. The molecule has 2 heterocycles. The number of hydrogen-bond acceptors (Lipinski definition) is 5. The average molecular weight is 484 g/mol. The lowest BCUT2D eigenvalue weighted by Gasteiger charge is -2.56. The summed E-state index contributed by atoms with van der Waals surface area (Å²) in [4.78, 5) is 33.6. The van der Waals surface area contributed by atoms with Crippen LogP contribution in [0.2, 0.25) is 0 Å². The second kappa shape index (κ2) is 8.26. The number of nitrogens with zero attached hydrogens (tertiary/aromatic N) is 2. The summed E-state index contributed by atoms with van der Waals surface area (Å²) in [5, 5.41) is 4.89. The first-order valence-electron chi connectivity index (χ1n) is 12.5. The molecule has 5 nitrogen and oxygen atoms in total. The fourth-order valence-corrected chi connectivity index (χ4v) is 9.76. The third-order valence-electron chi connectivity index (χ3n) is 8.47. The van der Waals surface area contributed by atoms with Crippen LogP contribution in [0.4, 0.5) is 0 Å². The van der Waals surface area contributed by atoms with E-state index in [9.17, 15) is 9.59 Å². The van der Waals surface area contributed by atoms with Crippen molar-refractivity contribution in [3.8, 4) is 0 Å². The fraction of sp³-hybridized carbons (Fsp3) is 0.654. The van der Waals surface area contributed by atoms with Crippen LogP contribution in [0.15, 0.2) is 22.6 Å². The van der Waals surface area contributed by atoms with Gasteiger partial charge in [0, 0.05) is 17.0 Å². The van der Waals surface area contributed by atoms with Crippen LogP contribution in [-0.4, -0.2) is 26.8 Å². The highest BCUT2D eigenvalue weighted by molar-refractivity contribution is 7.99. The maximum Gasteiger partial charge on any atom is 0.263 e. The molecule has 7 heteroatoms. The Balaban J connectivity index is 1.23. The van der Waals surface area contributed by atoms with Gasteiger partial charge in [0.2, 0.25) is 5.91 Å². The van der Waals surface area contributed by atoms with Crippen LogP contribution >= 0.6 is 23.1 Å². The Morgan fingerprint density at radius 1 is 1.27 bits per heavy atom. The molecule has 1 N–H and O–H groups in total. The van der Waals surface area contributed by atoms with E-state index in [4.69, 9.17) is 4.98 Å². The van der Waals surface area contributed by atoms with Gasteiger partial charge in [0.1, 0.15) is 4.83 Å². The molecule has 0 saturated heterocycles. The zero-order valence-corrected chi connectivity index (χ0v) is 21.0. The fourth-order valence-electron chi connectivity index (χ4n) is 7.53. The van der Waals surface area contributed by atoms with Gasteiger partial charge in [-0.1, -0.05) is 24.8 Å². The number of carbonyl (C=O) groups is 1. The van der Waals surface area contributed by atoms with Gasteiger partial charge in [-0.2, -0.15) is 0 Å². The van der Waals surface area contributed by atoms with Gasteiger partial charge in [0.15, 0.2) is 5.16 Å². The number of amides is 1. The normalized spacial score (nSPS) is 32.2. The molecule has 1 atom stereocenters. The molecule has 33 heavy (non-hydrogen) atoms. The Hall–Kier alpha value is -1.60. The van der Waals surface area contributed by atoms with Gasteiger partial charge in [-0.15, -0.1) is 17.9 Å². The highest BCUT2D eigenvalue weighted by atomic mass is 32.2. The Morgan fingerprint density at radius 3 is 2.64 bits per heavy atom. The van der Waals surface area contributed by atoms with Gasteiger partial charge in [-0.25, -0.2) is 4.98 Å². The standard InChI is InChI=1S/C26H33N3O2S2/c1-3-6-29-24(31)22-19-5-4-15(2)7-20(19)33-23(22)27-25(29)32-14-21(30)28-26-11-16-8-17(12-26)10-18(9-16)13-26/h3,15-18H,1,4-14H2,2H3,(H,28,30). The first-order valence-corrected chi connectivity index (χ1v) is 14.3. The van der Waals surface area contributed by atoms with Crippen molar-refractivity contribution >= 4 is 39.2 Å². The van der Waals surface area contributed by atoms with E-state index >= 15 is 0 Å². The third kappa shape index (κ3) is 3.89. The smallest absolute Gasteiger partial charge is 0.263 e. The molecule has 0 radical (unpaired) electrons.